The fourth-order valence-electron chi connectivity index (χ4n) is 2.16. The van der Waals surface area contributed by atoms with Crippen LogP contribution in [0.5, 0.6) is 0 Å². The van der Waals surface area contributed by atoms with Crippen molar-refractivity contribution in [3.05, 3.63) is 35.4 Å². The van der Waals surface area contributed by atoms with Crippen LogP contribution in [0.4, 0.5) is 0 Å². The molecular formula is C18H27NO2. The Bertz CT molecular complexity index is 449. The van der Waals surface area contributed by atoms with Crippen molar-refractivity contribution in [2.24, 2.45) is 5.92 Å². The van der Waals surface area contributed by atoms with Gasteiger partial charge in [0.25, 0.3) is 0 Å². The quantitative estimate of drug-likeness (QED) is 0.549. The smallest absolute Gasteiger partial charge is 0.220 e. The maximum absolute atomic E-state index is 11.7. The van der Waals surface area contributed by atoms with Gasteiger partial charge in [-0.3, -0.25) is 9.59 Å². The lowest BCUT2D eigenvalue weighted by atomic mass is 10.0. The summed E-state index contributed by atoms with van der Waals surface area (Å²) in [4.78, 5) is 22.9. The largest absolute Gasteiger partial charge is 0.352 e. The molecule has 0 aliphatic carbocycles. The van der Waals surface area contributed by atoms with Crippen LogP contribution in [0, 0.1) is 5.92 Å². The summed E-state index contributed by atoms with van der Waals surface area (Å²) in [7, 11) is 0. The van der Waals surface area contributed by atoms with Crippen LogP contribution < -0.4 is 5.32 Å². The van der Waals surface area contributed by atoms with Crippen molar-refractivity contribution in [1.82, 2.24) is 5.32 Å². The Kier molecular flexibility index (Phi) is 7.73. The molecule has 0 heterocycles. The third-order valence-electron chi connectivity index (χ3n) is 3.54. The molecule has 21 heavy (non-hydrogen) atoms. The van der Waals surface area contributed by atoms with Crippen LogP contribution in [-0.4, -0.2) is 11.7 Å². The van der Waals surface area contributed by atoms with E-state index in [4.69, 9.17) is 0 Å². The molecule has 116 valence electrons. The SMILES string of the molecule is CC(=O)c1ccc(CNC(=O)CCCCCC(C)C)cc1. The Morgan fingerprint density at radius 2 is 1.71 bits per heavy atom. The van der Waals surface area contributed by atoms with Crippen LogP contribution in [-0.2, 0) is 11.3 Å². The van der Waals surface area contributed by atoms with E-state index in [1.165, 1.54) is 12.8 Å². The summed E-state index contributed by atoms with van der Waals surface area (Å²) in [6, 6.07) is 7.38. The first-order valence-corrected chi connectivity index (χ1v) is 7.85. The van der Waals surface area contributed by atoms with Gasteiger partial charge in [-0.15, -0.1) is 0 Å². The van der Waals surface area contributed by atoms with E-state index in [2.05, 4.69) is 19.2 Å². The Morgan fingerprint density at radius 1 is 1.05 bits per heavy atom. The minimum absolute atomic E-state index is 0.0620. The minimum atomic E-state index is 0.0620. The zero-order chi connectivity index (χ0) is 15.7. The molecule has 0 aliphatic heterocycles. The van der Waals surface area contributed by atoms with Crippen LogP contribution >= 0.6 is 0 Å². The molecule has 3 heteroatoms. The topological polar surface area (TPSA) is 46.2 Å². The van der Waals surface area contributed by atoms with Gasteiger partial charge in [-0.25, -0.2) is 0 Å². The van der Waals surface area contributed by atoms with E-state index >= 15 is 0 Å². The highest BCUT2D eigenvalue weighted by molar-refractivity contribution is 5.94. The normalized spacial score (nSPS) is 10.7. The number of rotatable bonds is 9. The van der Waals surface area contributed by atoms with E-state index in [1.54, 1.807) is 19.1 Å². The van der Waals surface area contributed by atoms with Crippen LogP contribution in [0.1, 0.15) is 68.8 Å². The predicted octanol–water partition coefficient (Wildman–Crippen LogP) is 4.11. The van der Waals surface area contributed by atoms with Gasteiger partial charge in [0.1, 0.15) is 0 Å². The molecule has 0 aromatic heterocycles. The second kappa shape index (κ2) is 9.32. The Balaban J connectivity index is 2.19. The molecule has 0 saturated carbocycles. The number of ketones is 1. The van der Waals surface area contributed by atoms with Gasteiger partial charge >= 0.3 is 0 Å². The molecule has 0 aliphatic rings. The van der Waals surface area contributed by atoms with Gasteiger partial charge in [0, 0.05) is 18.5 Å². The van der Waals surface area contributed by atoms with Gasteiger partial charge in [-0.2, -0.15) is 0 Å². The molecular weight excluding hydrogens is 262 g/mol. The Labute approximate surface area is 128 Å². The average Bonchev–Trinajstić information content (AvgIpc) is 2.44. The van der Waals surface area contributed by atoms with Crippen molar-refractivity contribution in [2.75, 3.05) is 0 Å². The van der Waals surface area contributed by atoms with Crippen molar-refractivity contribution < 1.29 is 9.59 Å². The molecule has 1 amide bonds. The number of benzene rings is 1. The molecule has 3 nitrogen and oxygen atoms in total. The lowest BCUT2D eigenvalue weighted by molar-refractivity contribution is -0.121. The molecule has 1 aromatic rings. The van der Waals surface area contributed by atoms with Crippen molar-refractivity contribution in [3.8, 4) is 0 Å². The number of carbonyl (C=O) groups is 2. The molecule has 0 fully saturated rings. The number of amides is 1. The van der Waals surface area contributed by atoms with Gasteiger partial charge in [0.15, 0.2) is 5.78 Å². The van der Waals surface area contributed by atoms with Crippen LogP contribution in [0.3, 0.4) is 0 Å². The van der Waals surface area contributed by atoms with E-state index in [0.29, 0.717) is 18.5 Å². The lowest BCUT2D eigenvalue weighted by Gasteiger charge is -2.07. The second-order valence-electron chi connectivity index (χ2n) is 6.02. The van der Waals surface area contributed by atoms with Gasteiger partial charge in [-0.05, 0) is 24.8 Å². The summed E-state index contributed by atoms with van der Waals surface area (Å²) < 4.78 is 0. The number of Topliss-reactive ketones (excluding diaryl/α,β-unsaturated/α-hetero) is 1. The molecule has 0 atom stereocenters. The van der Waals surface area contributed by atoms with Crippen LogP contribution in [0.15, 0.2) is 24.3 Å². The zero-order valence-electron chi connectivity index (χ0n) is 13.4. The fraction of sp³-hybridized carbons (Fsp3) is 0.556. The Morgan fingerprint density at radius 3 is 2.29 bits per heavy atom. The van der Waals surface area contributed by atoms with Gasteiger partial charge in [-0.1, -0.05) is 57.4 Å². The highest BCUT2D eigenvalue weighted by Gasteiger charge is 2.03. The molecule has 0 saturated heterocycles. The van der Waals surface area contributed by atoms with Crippen molar-refractivity contribution in [2.45, 2.75) is 59.4 Å². The fourth-order valence-corrected chi connectivity index (χ4v) is 2.16. The van der Waals surface area contributed by atoms with E-state index in [9.17, 15) is 9.59 Å². The van der Waals surface area contributed by atoms with Crippen LogP contribution in [0.25, 0.3) is 0 Å². The minimum Gasteiger partial charge on any atom is -0.352 e. The molecule has 0 bridgehead atoms. The summed E-state index contributed by atoms with van der Waals surface area (Å²) in [5.41, 5.74) is 1.73. The number of unbranched alkanes of at least 4 members (excludes halogenated alkanes) is 2. The predicted molar refractivity (Wildman–Crippen MR) is 86.2 cm³/mol. The number of hydrogen-bond acceptors (Lipinski definition) is 2. The number of nitrogens with one attached hydrogen (secondary N) is 1. The summed E-state index contributed by atoms with van der Waals surface area (Å²) in [6.45, 7) is 6.53. The summed E-state index contributed by atoms with van der Waals surface area (Å²) >= 11 is 0. The Hall–Kier alpha value is -1.64. The monoisotopic (exact) mass is 289 g/mol. The van der Waals surface area contributed by atoms with Gasteiger partial charge in [0.2, 0.25) is 5.91 Å². The zero-order valence-corrected chi connectivity index (χ0v) is 13.4. The van der Waals surface area contributed by atoms with E-state index in [-0.39, 0.29) is 11.7 Å². The molecule has 1 rings (SSSR count). The second-order valence-corrected chi connectivity index (χ2v) is 6.02. The lowest BCUT2D eigenvalue weighted by Crippen LogP contribution is -2.22. The van der Waals surface area contributed by atoms with Crippen LogP contribution in [0.2, 0.25) is 0 Å². The van der Waals surface area contributed by atoms with E-state index < -0.39 is 0 Å². The first-order valence-electron chi connectivity index (χ1n) is 7.85. The third kappa shape index (κ3) is 7.64. The van der Waals surface area contributed by atoms with Crippen molar-refractivity contribution >= 4 is 11.7 Å². The molecule has 0 spiro atoms. The highest BCUT2D eigenvalue weighted by atomic mass is 16.1. The maximum atomic E-state index is 11.7. The average molecular weight is 289 g/mol. The summed E-state index contributed by atoms with van der Waals surface area (Å²) in [6.07, 6.45) is 5.13. The summed E-state index contributed by atoms with van der Waals surface area (Å²) in [5, 5.41) is 2.92. The molecule has 0 unspecified atom stereocenters. The maximum Gasteiger partial charge on any atom is 0.220 e. The van der Waals surface area contributed by atoms with Gasteiger partial charge < -0.3 is 5.32 Å². The van der Waals surface area contributed by atoms with Crippen molar-refractivity contribution in [1.29, 1.82) is 0 Å². The molecule has 1 N–H and O–H groups in total. The number of hydrogen-bond donors (Lipinski definition) is 1. The van der Waals surface area contributed by atoms with E-state index in [0.717, 1.165) is 24.3 Å². The summed E-state index contributed by atoms with van der Waals surface area (Å²) in [5.74, 6) is 0.916. The van der Waals surface area contributed by atoms with E-state index in [1.807, 2.05) is 12.1 Å². The molecule has 1 aromatic carbocycles. The number of carbonyl (C=O) groups excluding carboxylic acids is 2. The molecule has 0 radical (unpaired) electrons. The van der Waals surface area contributed by atoms with Gasteiger partial charge in [0.05, 0.1) is 0 Å². The standard InChI is InChI=1S/C18H27NO2/c1-14(2)7-5-4-6-8-18(21)19-13-16-9-11-17(12-10-16)15(3)20/h9-12,14H,4-8,13H2,1-3H3,(H,19,21). The first-order chi connectivity index (χ1) is 9.99. The first kappa shape index (κ1) is 17.4. The highest BCUT2D eigenvalue weighted by Crippen LogP contribution is 2.09. The van der Waals surface area contributed by atoms with Crippen molar-refractivity contribution in [3.63, 3.8) is 0 Å². The third-order valence-corrected chi connectivity index (χ3v) is 3.54.